The molecule has 3 nitrogen and oxygen atoms in total. The molecule has 2 aromatic rings. The maximum Gasteiger partial charge on any atom is 0.282 e. The van der Waals surface area contributed by atoms with Crippen molar-refractivity contribution in [2.75, 3.05) is 0 Å². The molecule has 1 aliphatic carbocycles. The summed E-state index contributed by atoms with van der Waals surface area (Å²) in [5.41, 5.74) is 3.78. The minimum atomic E-state index is -0.226. The van der Waals surface area contributed by atoms with Crippen LogP contribution in [0.1, 0.15) is 47.3 Å². The molecule has 22 heavy (non-hydrogen) atoms. The topological polar surface area (TPSA) is 41.5 Å². The molecule has 1 aromatic carbocycles. The highest BCUT2D eigenvalue weighted by Crippen LogP contribution is 2.35. The summed E-state index contributed by atoms with van der Waals surface area (Å²) in [4.78, 5) is 12.8. The van der Waals surface area contributed by atoms with Gasteiger partial charge in [-0.2, -0.15) is 5.10 Å². The fourth-order valence-electron chi connectivity index (χ4n) is 2.85. The van der Waals surface area contributed by atoms with Crippen molar-refractivity contribution in [1.29, 1.82) is 0 Å². The second-order valence-corrected chi connectivity index (χ2v) is 7.29. The van der Waals surface area contributed by atoms with Gasteiger partial charge in [-0.1, -0.05) is 43.0 Å². The van der Waals surface area contributed by atoms with Crippen LogP contribution in [-0.4, -0.2) is 12.1 Å². The van der Waals surface area contributed by atoms with Crippen LogP contribution >= 0.6 is 22.9 Å². The number of nitrogens with one attached hydrogen (secondary N) is 1. The zero-order chi connectivity index (χ0) is 15.5. The number of benzene rings is 1. The minimum Gasteiger partial charge on any atom is -0.266 e. The fraction of sp³-hybridized carbons (Fsp3) is 0.412. The number of hydrogen-bond acceptors (Lipinski definition) is 3. The van der Waals surface area contributed by atoms with E-state index < -0.39 is 0 Å². The van der Waals surface area contributed by atoms with Gasteiger partial charge in [0.1, 0.15) is 4.88 Å². The van der Waals surface area contributed by atoms with E-state index in [0.717, 1.165) is 15.6 Å². The Morgan fingerprint density at radius 3 is 2.91 bits per heavy atom. The number of rotatable bonds is 3. The molecule has 116 valence electrons. The summed E-state index contributed by atoms with van der Waals surface area (Å²) in [5.74, 6) is 0.269. The van der Waals surface area contributed by atoms with Crippen molar-refractivity contribution < 1.29 is 4.79 Å². The molecule has 1 N–H and O–H groups in total. The number of aryl methyl sites for hydroxylation is 1. The van der Waals surface area contributed by atoms with Crippen molar-refractivity contribution >= 4 is 45.1 Å². The number of amides is 1. The summed E-state index contributed by atoms with van der Waals surface area (Å²) < 4.78 is 1.03. The quantitative estimate of drug-likeness (QED) is 0.611. The highest BCUT2D eigenvalue weighted by molar-refractivity contribution is 7.21. The summed E-state index contributed by atoms with van der Waals surface area (Å²) >= 11 is 7.74. The summed E-state index contributed by atoms with van der Waals surface area (Å²) in [7, 11) is 0. The van der Waals surface area contributed by atoms with E-state index in [2.05, 4.69) is 10.5 Å². The maximum absolute atomic E-state index is 12.3. The van der Waals surface area contributed by atoms with Gasteiger partial charge in [-0.25, -0.2) is 5.43 Å². The van der Waals surface area contributed by atoms with Crippen LogP contribution in [-0.2, 0) is 0 Å². The standard InChI is InChI=1S/C17H19ClN2OS/c1-11-7-8-13-14(9-11)22-16(15(13)18)17(21)20-19-10-12-5-3-2-4-6-12/h7-10,12H,2-6H2,1H3,(H,20,21)/b19-10+. The lowest BCUT2D eigenvalue weighted by Gasteiger charge is -2.16. The Kier molecular flexibility index (Phi) is 4.79. The summed E-state index contributed by atoms with van der Waals surface area (Å²) in [6.07, 6.45) is 8.04. The van der Waals surface area contributed by atoms with Crippen LogP contribution in [0.15, 0.2) is 23.3 Å². The first-order valence-electron chi connectivity index (χ1n) is 7.67. The van der Waals surface area contributed by atoms with Gasteiger partial charge in [-0.05, 0) is 37.3 Å². The third-order valence-corrected chi connectivity index (χ3v) is 5.75. The molecule has 1 amide bonds. The molecule has 1 saturated carbocycles. The summed E-state index contributed by atoms with van der Waals surface area (Å²) in [6, 6.07) is 6.02. The second kappa shape index (κ2) is 6.80. The molecule has 5 heteroatoms. The maximum atomic E-state index is 12.3. The Hall–Kier alpha value is -1.39. The Bertz CT molecular complexity index is 717. The zero-order valence-corrected chi connectivity index (χ0v) is 14.1. The van der Waals surface area contributed by atoms with Gasteiger partial charge >= 0.3 is 0 Å². The van der Waals surface area contributed by atoms with Gasteiger partial charge in [-0.15, -0.1) is 11.3 Å². The highest BCUT2D eigenvalue weighted by Gasteiger charge is 2.17. The molecule has 0 radical (unpaired) electrons. The molecule has 1 aliphatic rings. The number of halogens is 1. The van der Waals surface area contributed by atoms with Crippen LogP contribution < -0.4 is 5.43 Å². The van der Waals surface area contributed by atoms with Gasteiger partial charge in [-0.3, -0.25) is 4.79 Å². The van der Waals surface area contributed by atoms with Gasteiger partial charge in [0.25, 0.3) is 5.91 Å². The van der Waals surface area contributed by atoms with E-state index in [1.54, 1.807) is 0 Å². The molecule has 0 saturated heterocycles. The first kappa shape index (κ1) is 15.5. The lowest BCUT2D eigenvalue weighted by atomic mass is 9.90. The number of thiophene rings is 1. The third-order valence-electron chi connectivity index (χ3n) is 4.09. The highest BCUT2D eigenvalue weighted by atomic mass is 35.5. The monoisotopic (exact) mass is 334 g/mol. The zero-order valence-electron chi connectivity index (χ0n) is 12.6. The Balaban J connectivity index is 1.72. The van der Waals surface area contributed by atoms with Gasteiger partial charge in [0.05, 0.1) is 5.02 Å². The van der Waals surface area contributed by atoms with Gasteiger partial charge < -0.3 is 0 Å². The minimum absolute atomic E-state index is 0.226. The third kappa shape index (κ3) is 3.33. The van der Waals surface area contributed by atoms with E-state index in [-0.39, 0.29) is 5.91 Å². The van der Waals surface area contributed by atoms with E-state index in [4.69, 9.17) is 11.6 Å². The van der Waals surface area contributed by atoms with Crippen molar-refractivity contribution in [1.82, 2.24) is 5.43 Å². The molecule has 0 spiro atoms. The number of carbonyl (C=O) groups is 1. The molecule has 0 bridgehead atoms. The summed E-state index contributed by atoms with van der Waals surface area (Å²) in [6.45, 7) is 2.03. The first-order chi connectivity index (χ1) is 10.6. The smallest absolute Gasteiger partial charge is 0.266 e. The molecule has 3 rings (SSSR count). The van der Waals surface area contributed by atoms with Crippen molar-refractivity contribution in [3.63, 3.8) is 0 Å². The average Bonchev–Trinajstić information content (AvgIpc) is 2.84. The van der Waals surface area contributed by atoms with E-state index in [0.29, 0.717) is 15.8 Å². The lowest BCUT2D eigenvalue weighted by Crippen LogP contribution is -2.18. The number of carbonyl (C=O) groups excluding carboxylic acids is 1. The Labute approximate surface area is 139 Å². The molecule has 0 atom stereocenters. The van der Waals surface area contributed by atoms with Crippen molar-refractivity contribution in [3.8, 4) is 0 Å². The van der Waals surface area contributed by atoms with Crippen LogP contribution in [0.3, 0.4) is 0 Å². The van der Waals surface area contributed by atoms with Crippen molar-refractivity contribution in [3.05, 3.63) is 33.7 Å². The van der Waals surface area contributed by atoms with E-state index >= 15 is 0 Å². The number of hydrazone groups is 1. The van der Waals surface area contributed by atoms with E-state index in [1.807, 2.05) is 31.3 Å². The SMILES string of the molecule is Cc1ccc2c(Cl)c(C(=O)N/N=C/C3CCCCC3)sc2c1. The van der Waals surface area contributed by atoms with Crippen LogP contribution in [0.4, 0.5) is 0 Å². The molecule has 1 heterocycles. The molecule has 0 aliphatic heterocycles. The van der Waals surface area contributed by atoms with Crippen LogP contribution in [0.5, 0.6) is 0 Å². The molecular formula is C17H19ClN2OS. The molecular weight excluding hydrogens is 316 g/mol. The van der Waals surface area contributed by atoms with Crippen molar-refractivity contribution in [2.45, 2.75) is 39.0 Å². The predicted octanol–water partition coefficient (Wildman–Crippen LogP) is 5.16. The van der Waals surface area contributed by atoms with Crippen LogP contribution in [0.25, 0.3) is 10.1 Å². The van der Waals surface area contributed by atoms with Crippen LogP contribution in [0, 0.1) is 12.8 Å². The van der Waals surface area contributed by atoms with Gasteiger partial charge in [0.15, 0.2) is 0 Å². The molecule has 0 unspecified atom stereocenters. The number of nitrogens with zero attached hydrogens (tertiary/aromatic N) is 1. The van der Waals surface area contributed by atoms with E-state index in [9.17, 15) is 4.79 Å². The Morgan fingerprint density at radius 1 is 1.36 bits per heavy atom. The van der Waals surface area contributed by atoms with Gasteiger partial charge in [0, 0.05) is 16.3 Å². The number of fused-ring (bicyclic) bond motifs is 1. The number of hydrogen-bond donors (Lipinski definition) is 1. The Morgan fingerprint density at radius 2 is 2.14 bits per heavy atom. The summed E-state index contributed by atoms with van der Waals surface area (Å²) in [5, 5.41) is 5.57. The molecule has 1 fully saturated rings. The fourth-order valence-corrected chi connectivity index (χ4v) is 4.36. The largest absolute Gasteiger partial charge is 0.282 e. The average molecular weight is 335 g/mol. The van der Waals surface area contributed by atoms with Gasteiger partial charge in [0.2, 0.25) is 0 Å². The predicted molar refractivity (Wildman–Crippen MR) is 94.1 cm³/mol. The van der Waals surface area contributed by atoms with Crippen LogP contribution in [0.2, 0.25) is 5.02 Å². The van der Waals surface area contributed by atoms with E-state index in [1.165, 1.54) is 43.4 Å². The molecule has 1 aromatic heterocycles. The normalized spacial score (nSPS) is 16.5. The lowest BCUT2D eigenvalue weighted by molar-refractivity contribution is 0.0959. The second-order valence-electron chi connectivity index (χ2n) is 5.86. The van der Waals surface area contributed by atoms with Crippen molar-refractivity contribution in [2.24, 2.45) is 11.0 Å². The first-order valence-corrected chi connectivity index (χ1v) is 8.87.